The van der Waals surface area contributed by atoms with Crippen molar-refractivity contribution in [2.45, 2.75) is 39.2 Å². The lowest BCUT2D eigenvalue weighted by atomic mass is 9.85. The Balaban J connectivity index is 1.39. The summed E-state index contributed by atoms with van der Waals surface area (Å²) in [5.41, 5.74) is 1.27. The van der Waals surface area contributed by atoms with Gasteiger partial charge in [0, 0.05) is 18.1 Å². The summed E-state index contributed by atoms with van der Waals surface area (Å²) in [5.74, 6) is 0.234. The quantitative estimate of drug-likeness (QED) is 0.399. The van der Waals surface area contributed by atoms with Crippen LogP contribution in [0.15, 0.2) is 36.4 Å². The number of rotatable bonds is 8. The van der Waals surface area contributed by atoms with Crippen molar-refractivity contribution in [3.05, 3.63) is 42.0 Å². The predicted molar refractivity (Wildman–Crippen MR) is 100 cm³/mol. The number of carbonyl (C=O) groups is 3. The van der Waals surface area contributed by atoms with Crippen molar-refractivity contribution < 1.29 is 23.9 Å². The third kappa shape index (κ3) is 4.63. The Kier molecular flexibility index (Phi) is 6.06. The normalized spacial score (nSPS) is 21.7. The van der Waals surface area contributed by atoms with Gasteiger partial charge in [-0.2, -0.15) is 0 Å². The van der Waals surface area contributed by atoms with E-state index in [9.17, 15) is 14.4 Å². The van der Waals surface area contributed by atoms with Crippen LogP contribution in [0, 0.1) is 11.8 Å². The van der Waals surface area contributed by atoms with Crippen molar-refractivity contribution >= 4 is 23.5 Å². The monoisotopic (exact) mass is 371 g/mol. The van der Waals surface area contributed by atoms with Gasteiger partial charge in [-0.25, -0.2) is 4.90 Å². The fraction of sp³-hybridized carbons (Fsp3) is 0.476. The van der Waals surface area contributed by atoms with Gasteiger partial charge in [0.2, 0.25) is 0 Å². The summed E-state index contributed by atoms with van der Waals surface area (Å²) in [6.45, 7) is 5.64. The van der Waals surface area contributed by atoms with E-state index in [4.69, 9.17) is 9.47 Å². The summed E-state index contributed by atoms with van der Waals surface area (Å²) in [7, 11) is 0. The number of hydrogen-bond donors (Lipinski definition) is 0. The van der Waals surface area contributed by atoms with Gasteiger partial charge < -0.3 is 9.47 Å². The zero-order valence-corrected chi connectivity index (χ0v) is 15.7. The molecule has 2 unspecified atom stereocenters. The molecule has 1 fully saturated rings. The SMILES string of the molecule is CC(C)C1COC1CCCOC(=O)Cc1ccc(N2C(=O)C=CC2=O)cc1. The van der Waals surface area contributed by atoms with Crippen molar-refractivity contribution in [2.24, 2.45) is 11.8 Å². The number of hydrogen-bond acceptors (Lipinski definition) is 5. The van der Waals surface area contributed by atoms with Crippen LogP contribution in [0.2, 0.25) is 0 Å². The Morgan fingerprint density at radius 3 is 2.41 bits per heavy atom. The van der Waals surface area contributed by atoms with Crippen LogP contribution in [0.5, 0.6) is 0 Å². The molecule has 1 aromatic rings. The number of nitrogens with zero attached hydrogens (tertiary/aromatic N) is 1. The molecule has 2 aliphatic rings. The highest BCUT2D eigenvalue weighted by Crippen LogP contribution is 2.30. The fourth-order valence-electron chi connectivity index (χ4n) is 3.37. The minimum Gasteiger partial charge on any atom is -0.465 e. The summed E-state index contributed by atoms with van der Waals surface area (Å²) < 4.78 is 10.9. The second-order valence-electron chi connectivity index (χ2n) is 7.33. The van der Waals surface area contributed by atoms with Gasteiger partial charge in [0.15, 0.2) is 0 Å². The maximum atomic E-state index is 12.0. The predicted octanol–water partition coefficient (Wildman–Crippen LogP) is 2.65. The minimum atomic E-state index is -0.359. The zero-order valence-electron chi connectivity index (χ0n) is 15.7. The maximum absolute atomic E-state index is 12.0. The largest absolute Gasteiger partial charge is 0.465 e. The molecule has 3 rings (SSSR count). The highest BCUT2D eigenvalue weighted by Gasteiger charge is 2.33. The van der Waals surface area contributed by atoms with Crippen LogP contribution in [0.4, 0.5) is 5.69 Å². The third-order valence-corrected chi connectivity index (χ3v) is 5.08. The van der Waals surface area contributed by atoms with Gasteiger partial charge >= 0.3 is 5.97 Å². The van der Waals surface area contributed by atoms with Crippen LogP contribution in [-0.4, -0.2) is 37.1 Å². The number of esters is 1. The molecule has 0 aromatic heterocycles. The van der Waals surface area contributed by atoms with E-state index in [1.807, 2.05) is 0 Å². The van der Waals surface area contributed by atoms with Crippen LogP contribution in [0.25, 0.3) is 0 Å². The van der Waals surface area contributed by atoms with Crippen molar-refractivity contribution in [3.8, 4) is 0 Å². The molecule has 0 saturated carbocycles. The molecule has 0 aliphatic carbocycles. The third-order valence-electron chi connectivity index (χ3n) is 5.08. The summed E-state index contributed by atoms with van der Waals surface area (Å²) in [5, 5.41) is 0. The number of imide groups is 1. The number of anilines is 1. The number of ether oxygens (including phenoxy) is 2. The lowest BCUT2D eigenvalue weighted by Gasteiger charge is -2.39. The number of benzene rings is 1. The van der Waals surface area contributed by atoms with E-state index in [1.54, 1.807) is 24.3 Å². The first-order chi connectivity index (χ1) is 13.0. The van der Waals surface area contributed by atoms with Crippen molar-refractivity contribution in [3.63, 3.8) is 0 Å². The first-order valence-corrected chi connectivity index (χ1v) is 9.38. The van der Waals surface area contributed by atoms with Gasteiger partial charge in [-0.1, -0.05) is 26.0 Å². The summed E-state index contributed by atoms with van der Waals surface area (Å²) in [6, 6.07) is 6.77. The lowest BCUT2D eigenvalue weighted by Crippen LogP contribution is -2.42. The molecular weight excluding hydrogens is 346 g/mol. The van der Waals surface area contributed by atoms with Crippen molar-refractivity contribution in [2.75, 3.05) is 18.1 Å². The second-order valence-corrected chi connectivity index (χ2v) is 7.33. The topological polar surface area (TPSA) is 72.9 Å². The molecule has 1 saturated heterocycles. The van der Waals surface area contributed by atoms with E-state index >= 15 is 0 Å². The lowest BCUT2D eigenvalue weighted by molar-refractivity contribution is -0.147. The van der Waals surface area contributed by atoms with Crippen LogP contribution in [0.1, 0.15) is 32.3 Å². The molecular formula is C21H25NO5. The first-order valence-electron chi connectivity index (χ1n) is 9.38. The smallest absolute Gasteiger partial charge is 0.310 e. The standard InChI is InChI=1S/C21H25NO5/c1-14(2)17-13-27-18(17)4-3-11-26-21(25)12-15-5-7-16(8-6-15)22-19(23)9-10-20(22)24/h5-10,14,17-18H,3-4,11-13H2,1-2H3. The average Bonchev–Trinajstić information content (AvgIpc) is 2.92. The summed E-state index contributed by atoms with van der Waals surface area (Å²) in [4.78, 5) is 36.4. The maximum Gasteiger partial charge on any atom is 0.310 e. The van der Waals surface area contributed by atoms with Crippen LogP contribution >= 0.6 is 0 Å². The van der Waals surface area contributed by atoms with Gasteiger partial charge in [-0.3, -0.25) is 14.4 Å². The van der Waals surface area contributed by atoms with Gasteiger partial charge in [0.25, 0.3) is 11.8 Å². The molecule has 144 valence electrons. The van der Waals surface area contributed by atoms with E-state index in [0.29, 0.717) is 30.2 Å². The van der Waals surface area contributed by atoms with Crippen LogP contribution in [-0.2, 0) is 30.3 Å². The summed E-state index contributed by atoms with van der Waals surface area (Å²) >= 11 is 0. The Bertz CT molecular complexity index is 719. The fourth-order valence-corrected chi connectivity index (χ4v) is 3.37. The molecule has 2 atom stereocenters. The minimum absolute atomic E-state index is 0.162. The first kappa shape index (κ1) is 19.3. The van der Waals surface area contributed by atoms with Crippen LogP contribution in [0.3, 0.4) is 0 Å². The molecule has 2 amide bonds. The average molecular weight is 371 g/mol. The van der Waals surface area contributed by atoms with Gasteiger partial charge in [0.05, 0.1) is 31.4 Å². The van der Waals surface area contributed by atoms with E-state index in [1.165, 1.54) is 12.2 Å². The van der Waals surface area contributed by atoms with Crippen molar-refractivity contribution in [1.29, 1.82) is 0 Å². The zero-order chi connectivity index (χ0) is 19.4. The Morgan fingerprint density at radius 2 is 1.85 bits per heavy atom. The highest BCUT2D eigenvalue weighted by molar-refractivity contribution is 6.28. The summed E-state index contributed by atoms with van der Waals surface area (Å²) in [6.07, 6.45) is 4.65. The Labute approximate surface area is 159 Å². The van der Waals surface area contributed by atoms with E-state index in [2.05, 4.69) is 13.8 Å². The molecule has 0 bridgehead atoms. The molecule has 27 heavy (non-hydrogen) atoms. The molecule has 6 nitrogen and oxygen atoms in total. The van der Waals surface area contributed by atoms with Gasteiger partial charge in [-0.05, 0) is 36.5 Å². The van der Waals surface area contributed by atoms with E-state index < -0.39 is 0 Å². The number of carbonyl (C=O) groups excluding carboxylic acids is 3. The molecule has 0 N–H and O–H groups in total. The van der Waals surface area contributed by atoms with Crippen molar-refractivity contribution in [1.82, 2.24) is 0 Å². The molecule has 6 heteroatoms. The van der Waals surface area contributed by atoms with E-state index in [-0.39, 0.29) is 24.2 Å². The Morgan fingerprint density at radius 1 is 1.19 bits per heavy atom. The molecule has 2 heterocycles. The molecule has 0 spiro atoms. The highest BCUT2D eigenvalue weighted by atomic mass is 16.5. The number of amides is 2. The molecule has 1 aromatic carbocycles. The second kappa shape index (κ2) is 8.48. The Hall–Kier alpha value is -2.47. The molecule has 2 aliphatic heterocycles. The van der Waals surface area contributed by atoms with Gasteiger partial charge in [-0.15, -0.1) is 0 Å². The van der Waals surface area contributed by atoms with Crippen LogP contribution < -0.4 is 4.90 Å². The molecule has 0 radical (unpaired) electrons. The van der Waals surface area contributed by atoms with Gasteiger partial charge in [0.1, 0.15) is 0 Å². The van der Waals surface area contributed by atoms with E-state index in [0.717, 1.165) is 29.9 Å².